The van der Waals surface area contributed by atoms with Crippen molar-refractivity contribution in [1.29, 1.82) is 0 Å². The Labute approximate surface area is 162 Å². The number of nitrogens with one attached hydrogen (secondary N) is 3. The molecule has 0 bridgehead atoms. The summed E-state index contributed by atoms with van der Waals surface area (Å²) in [5.74, 6) is -1.10. The number of nitrogens with zero attached hydrogens (tertiary/aromatic N) is 2. The summed E-state index contributed by atoms with van der Waals surface area (Å²) in [5.41, 5.74) is -0.419. The van der Waals surface area contributed by atoms with E-state index in [4.69, 9.17) is 0 Å². The van der Waals surface area contributed by atoms with Crippen LogP contribution in [-0.2, 0) is 11.0 Å². The van der Waals surface area contributed by atoms with Gasteiger partial charge in [-0.1, -0.05) is 18.2 Å². The second kappa shape index (κ2) is 7.12. The van der Waals surface area contributed by atoms with Crippen LogP contribution in [0.1, 0.15) is 11.1 Å². The zero-order chi connectivity index (χ0) is 20.6. The van der Waals surface area contributed by atoms with Crippen molar-refractivity contribution in [2.75, 3.05) is 6.54 Å². The molecule has 1 atom stereocenters. The van der Waals surface area contributed by atoms with Gasteiger partial charge in [0.25, 0.3) is 5.91 Å². The summed E-state index contributed by atoms with van der Waals surface area (Å²) in [6, 6.07) is 5.10. The Morgan fingerprint density at radius 3 is 2.79 bits per heavy atom. The van der Waals surface area contributed by atoms with Crippen molar-refractivity contribution in [3.8, 4) is 0 Å². The first kappa shape index (κ1) is 18.8. The molecule has 3 aliphatic heterocycles. The Morgan fingerprint density at radius 1 is 1.24 bits per heavy atom. The van der Waals surface area contributed by atoms with Gasteiger partial charge in [0, 0.05) is 23.7 Å². The quantitative estimate of drug-likeness (QED) is 0.676. The fourth-order valence-electron chi connectivity index (χ4n) is 3.11. The minimum absolute atomic E-state index is 0.0732. The molecule has 3 aliphatic rings. The third-order valence-corrected chi connectivity index (χ3v) is 4.41. The molecule has 3 N–H and O–H groups in total. The monoisotopic (exact) mass is 405 g/mol. The van der Waals surface area contributed by atoms with Crippen LogP contribution in [-0.4, -0.2) is 29.3 Å². The number of alkyl halides is 3. The highest BCUT2D eigenvalue weighted by molar-refractivity contribution is 6.10. The van der Waals surface area contributed by atoms with Crippen LogP contribution in [0, 0.1) is 0 Å². The van der Waals surface area contributed by atoms with E-state index >= 15 is 0 Å². The Morgan fingerprint density at radius 2 is 2.03 bits per heavy atom. The summed E-state index contributed by atoms with van der Waals surface area (Å²) in [6.07, 6.45) is 1.80. The van der Waals surface area contributed by atoms with E-state index in [9.17, 15) is 22.4 Å². The van der Waals surface area contributed by atoms with Crippen molar-refractivity contribution < 1.29 is 22.4 Å². The van der Waals surface area contributed by atoms with Crippen LogP contribution in [0.5, 0.6) is 0 Å². The molecule has 0 aliphatic carbocycles. The van der Waals surface area contributed by atoms with Crippen LogP contribution < -0.4 is 16.0 Å². The van der Waals surface area contributed by atoms with Crippen LogP contribution in [0.2, 0.25) is 0 Å². The molecule has 29 heavy (non-hydrogen) atoms. The first-order chi connectivity index (χ1) is 13.8. The molecular weight excluding hydrogens is 390 g/mol. The van der Waals surface area contributed by atoms with Gasteiger partial charge in [0.15, 0.2) is 0 Å². The molecular formula is C19H15F4N5O. The summed E-state index contributed by atoms with van der Waals surface area (Å²) in [7, 11) is 0. The molecule has 0 saturated carbocycles. The van der Waals surface area contributed by atoms with Gasteiger partial charge in [0.05, 0.1) is 17.8 Å². The van der Waals surface area contributed by atoms with Gasteiger partial charge >= 0.3 is 6.18 Å². The molecule has 4 rings (SSSR count). The number of allylic oxidation sites excluding steroid dienone is 3. The zero-order valence-electron chi connectivity index (χ0n) is 14.8. The lowest BCUT2D eigenvalue weighted by Crippen LogP contribution is -2.39. The fraction of sp³-hybridized carbons (Fsp3) is 0.158. The number of benzene rings is 1. The molecule has 1 amide bonds. The van der Waals surface area contributed by atoms with Gasteiger partial charge < -0.3 is 16.0 Å². The van der Waals surface area contributed by atoms with Crippen LogP contribution in [0.4, 0.5) is 17.6 Å². The van der Waals surface area contributed by atoms with Crippen molar-refractivity contribution in [3.63, 3.8) is 0 Å². The van der Waals surface area contributed by atoms with Gasteiger partial charge in [-0.15, -0.1) is 0 Å². The standard InChI is InChI=1S/C19H15F4N5O/c20-11-7-12(9-24-8-11)26-18(29)16-10-25-17-6-5-15(27-28(16)17)13-3-1-2-4-14(13)19(21,22)23/h1-8,10,17,24-25H,9H2,(H,26,29). The van der Waals surface area contributed by atoms with E-state index in [1.165, 1.54) is 47.8 Å². The van der Waals surface area contributed by atoms with Gasteiger partial charge in [-0.05, 0) is 24.3 Å². The lowest BCUT2D eigenvalue weighted by molar-refractivity contribution is -0.137. The number of hydrazone groups is 1. The maximum Gasteiger partial charge on any atom is 0.417 e. The second-order valence-electron chi connectivity index (χ2n) is 6.41. The number of halogens is 4. The van der Waals surface area contributed by atoms with E-state index in [-0.39, 0.29) is 23.5 Å². The third kappa shape index (κ3) is 3.73. The lowest BCUT2D eigenvalue weighted by Gasteiger charge is -2.26. The number of carbonyl (C=O) groups excluding carboxylic acids is 1. The van der Waals surface area contributed by atoms with E-state index in [1.807, 2.05) is 0 Å². The van der Waals surface area contributed by atoms with Crippen LogP contribution in [0.25, 0.3) is 0 Å². The van der Waals surface area contributed by atoms with Crippen molar-refractivity contribution in [3.05, 3.63) is 83.2 Å². The first-order valence-corrected chi connectivity index (χ1v) is 8.63. The normalized spacial score (nSPS) is 20.6. The predicted molar refractivity (Wildman–Crippen MR) is 97.4 cm³/mol. The number of hydrogen-bond acceptors (Lipinski definition) is 5. The minimum Gasteiger partial charge on any atom is -0.383 e. The molecule has 0 saturated heterocycles. The average Bonchev–Trinajstić information content (AvgIpc) is 3.10. The lowest BCUT2D eigenvalue weighted by atomic mass is 10.0. The van der Waals surface area contributed by atoms with Crippen molar-refractivity contribution in [2.45, 2.75) is 12.3 Å². The highest BCUT2D eigenvalue weighted by Crippen LogP contribution is 2.33. The SMILES string of the molecule is O=C(NC1=CC(F)=CNC1)C1=CNC2C=CC(c3ccccc3C(F)(F)F)=NN12. The highest BCUT2D eigenvalue weighted by atomic mass is 19.4. The molecule has 3 heterocycles. The summed E-state index contributed by atoms with van der Waals surface area (Å²) in [6.45, 7) is 0.233. The van der Waals surface area contributed by atoms with E-state index in [0.29, 0.717) is 5.70 Å². The summed E-state index contributed by atoms with van der Waals surface area (Å²) in [4.78, 5) is 12.6. The van der Waals surface area contributed by atoms with Gasteiger partial charge in [0.1, 0.15) is 17.7 Å². The largest absolute Gasteiger partial charge is 0.417 e. The van der Waals surface area contributed by atoms with Gasteiger partial charge in [-0.2, -0.15) is 18.3 Å². The van der Waals surface area contributed by atoms with Gasteiger partial charge in [-0.25, -0.2) is 9.40 Å². The molecule has 1 aromatic carbocycles. The zero-order valence-corrected chi connectivity index (χ0v) is 14.8. The number of hydrogen-bond donors (Lipinski definition) is 3. The maximum absolute atomic E-state index is 13.3. The maximum atomic E-state index is 13.3. The topological polar surface area (TPSA) is 68.8 Å². The molecule has 0 radical (unpaired) electrons. The molecule has 0 fully saturated rings. The van der Waals surface area contributed by atoms with E-state index in [0.717, 1.165) is 6.07 Å². The van der Waals surface area contributed by atoms with Crippen molar-refractivity contribution in [1.82, 2.24) is 21.0 Å². The molecule has 10 heteroatoms. The number of carbonyl (C=O) groups is 1. The third-order valence-electron chi connectivity index (χ3n) is 4.41. The average molecular weight is 405 g/mol. The summed E-state index contributed by atoms with van der Waals surface area (Å²) >= 11 is 0. The van der Waals surface area contributed by atoms with E-state index in [1.54, 1.807) is 6.08 Å². The molecule has 150 valence electrons. The minimum atomic E-state index is -4.54. The van der Waals surface area contributed by atoms with Crippen LogP contribution >= 0.6 is 0 Å². The molecule has 1 aromatic rings. The van der Waals surface area contributed by atoms with Crippen LogP contribution in [0.15, 0.2) is 77.2 Å². The van der Waals surface area contributed by atoms with Gasteiger partial charge in [0.2, 0.25) is 0 Å². The van der Waals surface area contributed by atoms with E-state index in [2.05, 4.69) is 21.1 Å². The summed E-state index contributed by atoms with van der Waals surface area (Å²) in [5, 5.41) is 13.7. The Balaban J connectivity index is 1.60. The van der Waals surface area contributed by atoms with E-state index < -0.39 is 29.6 Å². The highest BCUT2D eigenvalue weighted by Gasteiger charge is 2.36. The van der Waals surface area contributed by atoms with Gasteiger partial charge in [-0.3, -0.25) is 4.79 Å². The Bertz CT molecular complexity index is 1010. The number of rotatable bonds is 3. The molecule has 0 spiro atoms. The number of amides is 1. The first-order valence-electron chi connectivity index (χ1n) is 8.63. The molecule has 6 nitrogen and oxygen atoms in total. The number of dihydropyridines is 1. The molecule has 0 aromatic heterocycles. The predicted octanol–water partition coefficient (Wildman–Crippen LogP) is 2.47. The summed E-state index contributed by atoms with van der Waals surface area (Å²) < 4.78 is 53.3. The Kier molecular flexibility index (Phi) is 4.61. The van der Waals surface area contributed by atoms with Crippen molar-refractivity contribution in [2.24, 2.45) is 5.10 Å². The Hall–Kier alpha value is -3.56. The second-order valence-corrected chi connectivity index (χ2v) is 6.41. The molecule has 1 unspecified atom stereocenters. The number of fused-ring (bicyclic) bond motifs is 1. The smallest absolute Gasteiger partial charge is 0.383 e. The fourth-order valence-corrected chi connectivity index (χ4v) is 3.11. The van der Waals surface area contributed by atoms with Crippen molar-refractivity contribution >= 4 is 11.6 Å². The van der Waals surface area contributed by atoms with Crippen LogP contribution in [0.3, 0.4) is 0 Å².